The van der Waals surface area contributed by atoms with Crippen LogP contribution in [0.3, 0.4) is 0 Å². The Morgan fingerprint density at radius 1 is 1.02 bits per heavy atom. The molecular weight excluding hydrogens is 602 g/mol. The van der Waals surface area contributed by atoms with Gasteiger partial charge in [0.15, 0.2) is 11.5 Å². The number of oxime groups is 1. The van der Waals surface area contributed by atoms with E-state index in [0.717, 1.165) is 72.7 Å². The van der Waals surface area contributed by atoms with E-state index in [0.29, 0.717) is 30.5 Å². The van der Waals surface area contributed by atoms with Crippen LogP contribution < -0.4 is 14.8 Å². The van der Waals surface area contributed by atoms with E-state index in [9.17, 15) is 0 Å². The summed E-state index contributed by atoms with van der Waals surface area (Å²) in [5, 5.41) is 8.53. The Kier molecular flexibility index (Phi) is 12.4. The van der Waals surface area contributed by atoms with Crippen molar-refractivity contribution in [3.63, 3.8) is 0 Å². The number of aromatic nitrogens is 2. The monoisotopic (exact) mass is 639 g/mol. The quantitative estimate of drug-likeness (QED) is 0.0843. The molecule has 1 aromatic heterocycles. The molecule has 0 saturated carbocycles. The van der Waals surface area contributed by atoms with Gasteiger partial charge in [-0.15, -0.1) is 0 Å². The summed E-state index contributed by atoms with van der Waals surface area (Å²) in [5.41, 5.74) is 4.52. The van der Waals surface area contributed by atoms with Crippen LogP contribution in [0.15, 0.2) is 78.2 Å². The van der Waals surface area contributed by atoms with Crippen molar-refractivity contribution in [2.45, 2.75) is 20.0 Å². The normalized spacial score (nSPS) is 13.9. The summed E-state index contributed by atoms with van der Waals surface area (Å²) in [6, 6.07) is 21.8. The predicted octanol–water partition coefficient (Wildman–Crippen LogP) is 4.77. The molecule has 5 rings (SSSR count). The predicted molar refractivity (Wildman–Crippen MR) is 171 cm³/mol. The SMILES string of the molecule is COc1cc2ncnc(Nc3ccc(/C(C)=N/OCc4ccccc4)cc3)c2cc1OCCCN1CCOCC1.O=S(=O)(O)O. The summed E-state index contributed by atoms with van der Waals surface area (Å²) in [4.78, 5) is 16.9. The van der Waals surface area contributed by atoms with Crippen LogP contribution in [-0.2, 0) is 26.6 Å². The van der Waals surface area contributed by atoms with Crippen LogP contribution in [-0.4, -0.2) is 84.7 Å². The van der Waals surface area contributed by atoms with Crippen molar-refractivity contribution in [1.29, 1.82) is 0 Å². The van der Waals surface area contributed by atoms with Crippen molar-refractivity contribution >= 4 is 38.5 Å². The molecule has 1 aliphatic rings. The van der Waals surface area contributed by atoms with E-state index in [4.69, 9.17) is 36.6 Å². The third kappa shape index (κ3) is 11.3. The van der Waals surface area contributed by atoms with Crippen LogP contribution in [0.5, 0.6) is 11.5 Å². The molecule has 14 heteroatoms. The number of morpholine rings is 1. The molecule has 1 fully saturated rings. The largest absolute Gasteiger partial charge is 0.493 e. The lowest BCUT2D eigenvalue weighted by atomic mass is 10.1. The second-order valence-electron chi connectivity index (χ2n) is 9.98. The maximum absolute atomic E-state index is 8.74. The fourth-order valence-electron chi connectivity index (χ4n) is 4.49. The molecule has 2 heterocycles. The molecule has 3 N–H and O–H groups in total. The Balaban J connectivity index is 0.000000854. The first-order valence-corrected chi connectivity index (χ1v) is 15.6. The van der Waals surface area contributed by atoms with Crippen LogP contribution >= 0.6 is 0 Å². The number of nitrogens with one attached hydrogen (secondary N) is 1. The van der Waals surface area contributed by atoms with Gasteiger partial charge in [0.05, 0.1) is 38.2 Å². The van der Waals surface area contributed by atoms with Crippen molar-refractivity contribution < 1.29 is 36.6 Å². The lowest BCUT2D eigenvalue weighted by molar-refractivity contribution is 0.0357. The fraction of sp³-hybridized carbons (Fsp3) is 0.323. The number of benzene rings is 3. The number of ether oxygens (including phenoxy) is 3. The zero-order valence-electron chi connectivity index (χ0n) is 25.1. The Bertz CT molecular complexity index is 1640. The minimum atomic E-state index is -4.67. The summed E-state index contributed by atoms with van der Waals surface area (Å²) in [7, 11) is -3.03. The van der Waals surface area contributed by atoms with E-state index in [-0.39, 0.29) is 0 Å². The van der Waals surface area contributed by atoms with Crippen molar-refractivity contribution in [3.8, 4) is 11.5 Å². The molecule has 1 aliphatic heterocycles. The van der Waals surface area contributed by atoms with Crippen LogP contribution in [0.4, 0.5) is 11.5 Å². The van der Waals surface area contributed by atoms with Crippen molar-refractivity contribution in [2.24, 2.45) is 5.16 Å². The third-order valence-electron chi connectivity index (χ3n) is 6.74. The molecule has 0 aliphatic carbocycles. The van der Waals surface area contributed by atoms with E-state index < -0.39 is 10.4 Å². The first-order valence-electron chi connectivity index (χ1n) is 14.2. The molecule has 4 aromatic rings. The summed E-state index contributed by atoms with van der Waals surface area (Å²) in [5.74, 6) is 2.01. The lowest BCUT2D eigenvalue weighted by Gasteiger charge is -2.26. The first kappa shape index (κ1) is 33.6. The smallest absolute Gasteiger partial charge is 0.394 e. The maximum Gasteiger partial charge on any atom is 0.394 e. The van der Waals surface area contributed by atoms with Crippen LogP contribution in [0.25, 0.3) is 10.9 Å². The topological polar surface area (TPSA) is 165 Å². The standard InChI is InChI=1S/C31H35N5O4.H2O4S/c1-23(35-40-21-24-7-4-3-5-8-24)25-9-11-26(12-10-25)34-31-27-19-30(29(37-2)20-28(27)32-22-33-31)39-16-6-13-36-14-17-38-18-15-36;1-5(2,3)4/h3-5,7-12,19-20,22H,6,13-18,21H2,1-2H3,(H,32,33,34);(H2,1,2,3,4)/b35-23+;. The second kappa shape index (κ2) is 16.7. The Labute approximate surface area is 262 Å². The second-order valence-corrected chi connectivity index (χ2v) is 10.9. The Morgan fingerprint density at radius 2 is 1.73 bits per heavy atom. The van der Waals surface area contributed by atoms with Gasteiger partial charge in [0.1, 0.15) is 18.8 Å². The van der Waals surface area contributed by atoms with Crippen LogP contribution in [0.1, 0.15) is 24.5 Å². The van der Waals surface area contributed by atoms with Gasteiger partial charge < -0.3 is 24.4 Å². The van der Waals surface area contributed by atoms with Gasteiger partial charge in [-0.25, -0.2) is 9.97 Å². The molecule has 0 atom stereocenters. The fourth-order valence-corrected chi connectivity index (χ4v) is 4.49. The van der Waals surface area contributed by atoms with Gasteiger partial charge in [0.25, 0.3) is 0 Å². The van der Waals surface area contributed by atoms with Gasteiger partial charge in [-0.05, 0) is 42.7 Å². The number of fused-ring (bicyclic) bond motifs is 1. The van der Waals surface area contributed by atoms with Gasteiger partial charge in [-0.3, -0.25) is 14.0 Å². The molecule has 3 aromatic carbocycles. The van der Waals surface area contributed by atoms with Gasteiger partial charge in [0, 0.05) is 36.8 Å². The molecule has 0 radical (unpaired) electrons. The number of nitrogens with zero attached hydrogens (tertiary/aromatic N) is 4. The zero-order valence-corrected chi connectivity index (χ0v) is 25.9. The summed E-state index contributed by atoms with van der Waals surface area (Å²) >= 11 is 0. The third-order valence-corrected chi connectivity index (χ3v) is 6.74. The molecule has 0 unspecified atom stereocenters. The Hall–Kier alpha value is -4.34. The molecule has 240 valence electrons. The maximum atomic E-state index is 8.74. The van der Waals surface area contributed by atoms with Crippen molar-refractivity contribution in [2.75, 3.05) is 51.9 Å². The number of anilines is 2. The average molecular weight is 640 g/mol. The highest BCUT2D eigenvalue weighted by Crippen LogP contribution is 2.35. The molecule has 0 amide bonds. The van der Waals surface area contributed by atoms with E-state index in [1.165, 1.54) is 0 Å². The molecule has 1 saturated heterocycles. The summed E-state index contributed by atoms with van der Waals surface area (Å²) in [6.45, 7) is 7.48. The number of rotatable bonds is 12. The molecular formula is C31H37N5O8S. The highest BCUT2D eigenvalue weighted by Gasteiger charge is 2.14. The molecule has 13 nitrogen and oxygen atoms in total. The summed E-state index contributed by atoms with van der Waals surface area (Å²) in [6.07, 6.45) is 2.46. The van der Waals surface area contributed by atoms with Crippen molar-refractivity contribution in [1.82, 2.24) is 14.9 Å². The van der Waals surface area contributed by atoms with E-state index in [2.05, 4.69) is 25.3 Å². The molecule has 0 bridgehead atoms. The molecule has 45 heavy (non-hydrogen) atoms. The van der Waals surface area contributed by atoms with Crippen LogP contribution in [0, 0.1) is 0 Å². The van der Waals surface area contributed by atoms with Gasteiger partial charge in [-0.1, -0.05) is 47.6 Å². The number of hydrogen-bond acceptors (Lipinski definition) is 11. The van der Waals surface area contributed by atoms with E-state index >= 15 is 0 Å². The number of methoxy groups -OCH3 is 1. The molecule has 0 spiro atoms. The lowest BCUT2D eigenvalue weighted by Crippen LogP contribution is -2.37. The number of hydrogen-bond donors (Lipinski definition) is 3. The Morgan fingerprint density at radius 3 is 2.42 bits per heavy atom. The van der Waals surface area contributed by atoms with Gasteiger partial charge in [-0.2, -0.15) is 8.42 Å². The van der Waals surface area contributed by atoms with Gasteiger partial charge >= 0.3 is 10.4 Å². The minimum Gasteiger partial charge on any atom is -0.493 e. The van der Waals surface area contributed by atoms with E-state index in [1.54, 1.807) is 13.4 Å². The van der Waals surface area contributed by atoms with Gasteiger partial charge in [0.2, 0.25) is 0 Å². The summed E-state index contributed by atoms with van der Waals surface area (Å²) < 4.78 is 48.7. The first-order chi connectivity index (χ1) is 21.7. The minimum absolute atomic E-state index is 0.433. The highest BCUT2D eigenvalue weighted by molar-refractivity contribution is 7.79. The van der Waals surface area contributed by atoms with Crippen molar-refractivity contribution in [3.05, 3.63) is 84.2 Å². The highest BCUT2D eigenvalue weighted by atomic mass is 32.3. The average Bonchev–Trinajstić information content (AvgIpc) is 3.03. The van der Waals surface area contributed by atoms with E-state index in [1.807, 2.05) is 73.7 Å². The zero-order chi connectivity index (χ0) is 32.1. The van der Waals surface area contributed by atoms with Crippen LogP contribution in [0.2, 0.25) is 0 Å².